The molecule has 0 saturated carbocycles. The highest BCUT2D eigenvalue weighted by atomic mass is 19.4. The van der Waals surface area contributed by atoms with Crippen LogP contribution in [0.4, 0.5) is 17.6 Å². The first-order valence-corrected chi connectivity index (χ1v) is 7.42. The van der Waals surface area contributed by atoms with Gasteiger partial charge in [-0.3, -0.25) is 0 Å². The molecule has 0 saturated heterocycles. The van der Waals surface area contributed by atoms with E-state index in [9.17, 15) is 17.6 Å². The zero-order chi connectivity index (χ0) is 17.6. The van der Waals surface area contributed by atoms with Crippen LogP contribution in [0.1, 0.15) is 35.6 Å². The number of aryl methyl sites for hydroxylation is 1. The van der Waals surface area contributed by atoms with E-state index in [4.69, 9.17) is 0 Å². The average Bonchev–Trinajstić information content (AvgIpc) is 2.53. The van der Waals surface area contributed by atoms with Crippen LogP contribution in [-0.4, -0.2) is 12.4 Å². The highest BCUT2D eigenvalue weighted by Crippen LogP contribution is 2.28. The first-order chi connectivity index (χ1) is 11.4. The van der Waals surface area contributed by atoms with Gasteiger partial charge in [-0.1, -0.05) is 37.6 Å². The number of rotatable bonds is 5. The van der Waals surface area contributed by atoms with Crippen LogP contribution in [0.25, 0.3) is 0 Å². The maximum Gasteiger partial charge on any atom is 0.416 e. The van der Waals surface area contributed by atoms with Gasteiger partial charge in [0.2, 0.25) is 0 Å². The lowest BCUT2D eigenvalue weighted by Gasteiger charge is -2.05. The van der Waals surface area contributed by atoms with Gasteiger partial charge in [-0.2, -0.15) is 23.4 Å². The van der Waals surface area contributed by atoms with Crippen molar-refractivity contribution in [2.75, 3.05) is 0 Å². The van der Waals surface area contributed by atoms with Crippen LogP contribution in [0.2, 0.25) is 0 Å². The smallest absolute Gasteiger partial charge is 0.206 e. The Morgan fingerprint density at radius 3 is 2.21 bits per heavy atom. The first kappa shape index (κ1) is 17.8. The Hall–Kier alpha value is -2.50. The molecule has 2 nitrogen and oxygen atoms in total. The van der Waals surface area contributed by atoms with Crippen molar-refractivity contribution < 1.29 is 17.6 Å². The van der Waals surface area contributed by atoms with E-state index in [1.165, 1.54) is 30.6 Å². The molecule has 0 bridgehead atoms. The van der Waals surface area contributed by atoms with Crippen molar-refractivity contribution in [3.8, 4) is 0 Å². The minimum atomic E-state index is -4.37. The van der Waals surface area contributed by atoms with Crippen LogP contribution >= 0.6 is 0 Å². The van der Waals surface area contributed by atoms with Crippen molar-refractivity contribution in [1.29, 1.82) is 0 Å². The summed E-state index contributed by atoms with van der Waals surface area (Å²) in [5.41, 5.74) is 0.969. The van der Waals surface area contributed by atoms with E-state index in [1.54, 1.807) is 6.07 Å². The summed E-state index contributed by atoms with van der Waals surface area (Å²) in [6, 6.07) is 9.44. The van der Waals surface area contributed by atoms with E-state index in [1.807, 2.05) is 13.0 Å². The fraction of sp³-hybridized carbons (Fsp3) is 0.222. The Kier molecular flexibility index (Phi) is 5.84. The van der Waals surface area contributed by atoms with Crippen molar-refractivity contribution in [2.24, 2.45) is 10.2 Å². The maximum atomic E-state index is 13.8. The molecule has 24 heavy (non-hydrogen) atoms. The first-order valence-electron chi connectivity index (χ1n) is 7.42. The summed E-state index contributed by atoms with van der Waals surface area (Å²) in [6.45, 7) is 2.02. The summed E-state index contributed by atoms with van der Waals surface area (Å²) >= 11 is 0. The third kappa shape index (κ3) is 5.01. The second kappa shape index (κ2) is 7.86. The monoisotopic (exact) mass is 336 g/mol. The Bertz CT molecular complexity index is 732. The van der Waals surface area contributed by atoms with Crippen LogP contribution < -0.4 is 0 Å². The van der Waals surface area contributed by atoms with Crippen molar-refractivity contribution in [3.05, 3.63) is 70.5 Å². The molecule has 0 aliphatic heterocycles. The van der Waals surface area contributed by atoms with E-state index in [-0.39, 0.29) is 5.82 Å². The van der Waals surface area contributed by atoms with Crippen molar-refractivity contribution in [1.82, 2.24) is 0 Å². The summed E-state index contributed by atoms with van der Waals surface area (Å²) in [7, 11) is 0. The van der Waals surface area contributed by atoms with Gasteiger partial charge in [-0.25, -0.2) is 4.39 Å². The molecule has 0 amide bonds. The highest BCUT2D eigenvalue weighted by molar-refractivity contribution is 5.82. The Balaban J connectivity index is 2.02. The number of benzene rings is 2. The fourth-order valence-electron chi connectivity index (χ4n) is 2.07. The molecule has 0 heterocycles. The zero-order valence-corrected chi connectivity index (χ0v) is 13.0. The molecule has 126 valence electrons. The van der Waals surface area contributed by atoms with Gasteiger partial charge in [0.15, 0.2) is 0 Å². The highest BCUT2D eigenvalue weighted by Gasteiger charge is 2.29. The normalized spacial score (nSPS) is 12.4. The zero-order valence-electron chi connectivity index (χ0n) is 13.0. The standard InChI is InChI=1S/C18H16F4N2/c1-2-3-13-4-7-15(17(19)10-13)12-24-23-11-14-5-8-16(9-6-14)18(20,21)22/h4-12H,2-3H2,1H3. The maximum absolute atomic E-state index is 13.8. The minimum absolute atomic E-state index is 0.305. The van der Waals surface area contributed by atoms with Gasteiger partial charge in [0.1, 0.15) is 5.82 Å². The summed E-state index contributed by atoms with van der Waals surface area (Å²) < 4.78 is 51.1. The van der Waals surface area contributed by atoms with Crippen LogP contribution in [0, 0.1) is 5.82 Å². The Morgan fingerprint density at radius 2 is 1.62 bits per heavy atom. The molecule has 0 radical (unpaired) electrons. The lowest BCUT2D eigenvalue weighted by atomic mass is 10.1. The van der Waals surface area contributed by atoms with Crippen molar-refractivity contribution in [2.45, 2.75) is 25.9 Å². The largest absolute Gasteiger partial charge is 0.416 e. The van der Waals surface area contributed by atoms with Gasteiger partial charge < -0.3 is 0 Å². The van der Waals surface area contributed by atoms with Crippen LogP contribution in [0.5, 0.6) is 0 Å². The number of halogens is 4. The number of nitrogens with zero attached hydrogens (tertiary/aromatic N) is 2. The molecular weight excluding hydrogens is 320 g/mol. The molecule has 2 rings (SSSR count). The van der Waals surface area contributed by atoms with E-state index in [0.717, 1.165) is 30.5 Å². The van der Waals surface area contributed by atoms with Crippen molar-refractivity contribution in [3.63, 3.8) is 0 Å². The summed E-state index contributed by atoms with van der Waals surface area (Å²) in [6.07, 6.45) is -0.0499. The third-order valence-corrected chi connectivity index (χ3v) is 3.31. The van der Waals surface area contributed by atoms with Gasteiger partial charge in [0.05, 0.1) is 18.0 Å². The summed E-state index contributed by atoms with van der Waals surface area (Å²) in [5, 5.41) is 7.45. The molecule has 0 fully saturated rings. The van der Waals surface area contributed by atoms with E-state index in [2.05, 4.69) is 10.2 Å². The van der Waals surface area contributed by atoms with Gasteiger partial charge in [-0.15, -0.1) is 0 Å². The lowest BCUT2D eigenvalue weighted by Crippen LogP contribution is -2.04. The third-order valence-electron chi connectivity index (χ3n) is 3.31. The Labute approximate surface area is 137 Å². The topological polar surface area (TPSA) is 24.7 Å². The van der Waals surface area contributed by atoms with Gasteiger partial charge in [-0.05, 0) is 35.7 Å². The molecule has 2 aromatic rings. The summed E-state index contributed by atoms with van der Waals surface area (Å²) in [5.74, 6) is -0.380. The van der Waals surface area contributed by atoms with Gasteiger partial charge in [0, 0.05) is 5.56 Å². The van der Waals surface area contributed by atoms with E-state index >= 15 is 0 Å². The van der Waals surface area contributed by atoms with E-state index < -0.39 is 11.7 Å². The predicted molar refractivity (Wildman–Crippen MR) is 87.0 cm³/mol. The molecule has 0 unspecified atom stereocenters. The van der Waals surface area contributed by atoms with Gasteiger partial charge in [0.25, 0.3) is 0 Å². The quantitative estimate of drug-likeness (QED) is 0.405. The molecule has 0 N–H and O–H groups in total. The van der Waals surface area contributed by atoms with Crippen LogP contribution in [0.3, 0.4) is 0 Å². The second-order valence-corrected chi connectivity index (χ2v) is 5.21. The fourth-order valence-corrected chi connectivity index (χ4v) is 2.07. The molecule has 0 atom stereocenters. The van der Waals surface area contributed by atoms with Crippen molar-refractivity contribution >= 4 is 12.4 Å². The van der Waals surface area contributed by atoms with Crippen LogP contribution in [0.15, 0.2) is 52.7 Å². The molecule has 0 aliphatic rings. The molecule has 0 spiro atoms. The number of hydrogen-bond donors (Lipinski definition) is 0. The molecule has 2 aromatic carbocycles. The SMILES string of the molecule is CCCc1ccc(C=NN=Cc2ccc(C(F)(F)F)cc2)c(F)c1. The van der Waals surface area contributed by atoms with Gasteiger partial charge >= 0.3 is 6.18 Å². The second-order valence-electron chi connectivity index (χ2n) is 5.21. The van der Waals surface area contributed by atoms with E-state index in [0.29, 0.717) is 11.1 Å². The van der Waals surface area contributed by atoms with Crippen LogP contribution in [-0.2, 0) is 12.6 Å². The molecular formula is C18H16F4N2. The molecule has 0 aliphatic carbocycles. The minimum Gasteiger partial charge on any atom is -0.206 e. The molecule has 6 heteroatoms. The summed E-state index contributed by atoms with van der Waals surface area (Å²) in [4.78, 5) is 0. The Morgan fingerprint density at radius 1 is 0.958 bits per heavy atom. The predicted octanol–water partition coefficient (Wildman–Crippen LogP) is 5.25. The average molecular weight is 336 g/mol. The number of hydrogen-bond acceptors (Lipinski definition) is 2. The molecule has 0 aromatic heterocycles. The lowest BCUT2D eigenvalue weighted by molar-refractivity contribution is -0.137. The number of alkyl halides is 3.